The zero-order chi connectivity index (χ0) is 15.4. The molecular formula is C12H26N2O5. The molecule has 0 heterocycles. The summed E-state index contributed by atoms with van der Waals surface area (Å²) < 4.78 is 0. The molecule has 114 valence electrons. The molecule has 0 fully saturated rings. The van der Waals surface area contributed by atoms with Crippen molar-refractivity contribution >= 4 is 11.9 Å². The van der Waals surface area contributed by atoms with Crippen LogP contribution in [0.5, 0.6) is 0 Å². The van der Waals surface area contributed by atoms with Crippen molar-refractivity contribution in [3.8, 4) is 0 Å². The maximum absolute atomic E-state index is 10.4. The lowest BCUT2D eigenvalue weighted by molar-refractivity contribution is -0.155. The van der Waals surface area contributed by atoms with E-state index < -0.39 is 17.9 Å². The van der Waals surface area contributed by atoms with Crippen molar-refractivity contribution < 1.29 is 24.9 Å². The average molecular weight is 278 g/mol. The minimum Gasteiger partial charge on any atom is -0.481 e. The molecule has 7 heteroatoms. The predicted molar refractivity (Wildman–Crippen MR) is 71.9 cm³/mol. The van der Waals surface area contributed by atoms with E-state index in [4.69, 9.17) is 21.1 Å². The first-order valence-corrected chi connectivity index (χ1v) is 6.22. The summed E-state index contributed by atoms with van der Waals surface area (Å²) in [5, 5.41) is 25.2. The molecule has 0 aliphatic rings. The van der Waals surface area contributed by atoms with Gasteiger partial charge in [-0.2, -0.15) is 0 Å². The fourth-order valence-electron chi connectivity index (χ4n) is 1.16. The van der Waals surface area contributed by atoms with Crippen LogP contribution in [0.2, 0.25) is 0 Å². The van der Waals surface area contributed by atoms with Crippen LogP contribution in [0.1, 0.15) is 26.2 Å². The second-order valence-electron chi connectivity index (χ2n) is 4.51. The number of carbonyl (C=O) groups is 2. The van der Waals surface area contributed by atoms with Crippen LogP contribution in [0.4, 0.5) is 0 Å². The Balaban J connectivity index is 0. The van der Waals surface area contributed by atoms with E-state index in [-0.39, 0.29) is 12.5 Å². The van der Waals surface area contributed by atoms with Crippen molar-refractivity contribution in [1.29, 1.82) is 0 Å². The molecule has 0 aromatic heterocycles. The average Bonchev–Trinajstić information content (AvgIpc) is 2.32. The zero-order valence-electron chi connectivity index (χ0n) is 11.9. The zero-order valence-corrected chi connectivity index (χ0v) is 11.9. The molecule has 0 bridgehead atoms. The largest absolute Gasteiger partial charge is 0.481 e. The van der Waals surface area contributed by atoms with Crippen molar-refractivity contribution in [1.82, 2.24) is 4.90 Å². The van der Waals surface area contributed by atoms with Gasteiger partial charge >= 0.3 is 11.9 Å². The fraction of sp³-hybridized carbons (Fsp3) is 0.833. The number of carboxylic acids is 2. The summed E-state index contributed by atoms with van der Waals surface area (Å²) in [4.78, 5) is 22.8. The first-order chi connectivity index (χ1) is 8.76. The van der Waals surface area contributed by atoms with Crippen molar-refractivity contribution in [2.24, 2.45) is 11.7 Å². The lowest BCUT2D eigenvalue weighted by Gasteiger charge is -2.11. The molecule has 7 nitrogen and oxygen atoms in total. The summed E-state index contributed by atoms with van der Waals surface area (Å²) in [6.07, 6.45) is 1.45. The van der Waals surface area contributed by atoms with Gasteiger partial charge in [0.15, 0.2) is 5.92 Å². The van der Waals surface area contributed by atoms with E-state index in [0.29, 0.717) is 13.0 Å². The molecule has 0 saturated heterocycles. The summed E-state index contributed by atoms with van der Waals surface area (Å²) >= 11 is 0. The highest BCUT2D eigenvalue weighted by Crippen LogP contribution is 2.08. The minimum absolute atomic E-state index is 0.0127. The summed E-state index contributed by atoms with van der Waals surface area (Å²) in [6, 6.07) is -0.359. The number of hydrogen-bond acceptors (Lipinski definition) is 5. The van der Waals surface area contributed by atoms with Crippen LogP contribution >= 0.6 is 0 Å². The molecule has 0 amide bonds. The van der Waals surface area contributed by atoms with E-state index in [2.05, 4.69) is 4.90 Å². The van der Waals surface area contributed by atoms with Gasteiger partial charge in [-0.3, -0.25) is 9.59 Å². The number of rotatable bonds is 8. The molecule has 0 aliphatic heterocycles. The van der Waals surface area contributed by atoms with Crippen LogP contribution in [-0.4, -0.2) is 65.4 Å². The molecule has 0 radical (unpaired) electrons. The summed E-state index contributed by atoms with van der Waals surface area (Å²) in [6.45, 7) is 3.07. The monoisotopic (exact) mass is 278 g/mol. The van der Waals surface area contributed by atoms with Crippen molar-refractivity contribution in [3.05, 3.63) is 0 Å². The Morgan fingerprint density at radius 1 is 1.21 bits per heavy atom. The van der Waals surface area contributed by atoms with E-state index in [1.54, 1.807) is 6.92 Å². The Morgan fingerprint density at radius 2 is 1.68 bits per heavy atom. The van der Waals surface area contributed by atoms with Gasteiger partial charge in [0.1, 0.15) is 0 Å². The Hall–Kier alpha value is -1.18. The molecule has 0 aromatic rings. The molecule has 0 aromatic carbocycles. The lowest BCUT2D eigenvalue weighted by Crippen LogP contribution is -2.31. The second kappa shape index (κ2) is 11.9. The quantitative estimate of drug-likeness (QED) is 0.454. The van der Waals surface area contributed by atoms with Gasteiger partial charge < -0.3 is 26.0 Å². The van der Waals surface area contributed by atoms with Crippen LogP contribution in [0, 0.1) is 5.92 Å². The number of nitrogens with two attached hydrogens (primary N) is 1. The molecule has 0 aliphatic carbocycles. The van der Waals surface area contributed by atoms with Crippen LogP contribution in [-0.2, 0) is 9.59 Å². The molecule has 1 unspecified atom stereocenters. The molecule has 0 rings (SSSR count). The van der Waals surface area contributed by atoms with Crippen LogP contribution in [0.3, 0.4) is 0 Å². The first-order valence-electron chi connectivity index (χ1n) is 6.22. The highest BCUT2D eigenvalue weighted by atomic mass is 16.4. The van der Waals surface area contributed by atoms with Gasteiger partial charge in [0.25, 0.3) is 0 Å². The molecule has 5 N–H and O–H groups in total. The number of carboxylic acid groups (broad SMARTS) is 2. The third-order valence-electron chi connectivity index (χ3n) is 2.42. The van der Waals surface area contributed by atoms with E-state index in [9.17, 15) is 9.59 Å². The summed E-state index contributed by atoms with van der Waals surface area (Å²) in [5.74, 6) is -4.03. The summed E-state index contributed by atoms with van der Waals surface area (Å²) in [5.41, 5.74) is 5.42. The van der Waals surface area contributed by atoms with Gasteiger partial charge in [0.05, 0.1) is 0 Å². The van der Waals surface area contributed by atoms with Gasteiger partial charge in [-0.05, 0) is 39.9 Å². The number of nitrogens with zero attached hydrogens (tertiary/aromatic N) is 1. The Labute approximate surface area is 114 Å². The summed E-state index contributed by atoms with van der Waals surface area (Å²) in [7, 11) is 3.99. The Kier molecular flexibility index (Phi) is 12.6. The van der Waals surface area contributed by atoms with Gasteiger partial charge in [0, 0.05) is 12.6 Å². The maximum atomic E-state index is 10.4. The number of hydrogen-bond donors (Lipinski definition) is 4. The third-order valence-corrected chi connectivity index (χ3v) is 2.42. The highest BCUT2D eigenvalue weighted by molar-refractivity contribution is 5.92. The van der Waals surface area contributed by atoms with Crippen LogP contribution < -0.4 is 5.73 Å². The highest BCUT2D eigenvalue weighted by Gasteiger charge is 2.27. The van der Waals surface area contributed by atoms with Gasteiger partial charge in [-0.15, -0.1) is 0 Å². The Bertz CT molecular complexity index is 245. The van der Waals surface area contributed by atoms with Gasteiger partial charge in [-0.25, -0.2) is 0 Å². The smallest absolute Gasteiger partial charge is 0.317 e. The standard InChI is InChI=1S/C7H13NO4.C5H13NO/c1-2-4(8)3-5(6(9)10)7(11)12;1-6(2)4-3-5-7/h4-5H,2-3,8H2,1H3,(H,9,10)(H,11,12);7H,3-5H2,1-2H3. The van der Waals surface area contributed by atoms with Crippen LogP contribution in [0.25, 0.3) is 0 Å². The number of aliphatic hydroxyl groups excluding tert-OH is 1. The van der Waals surface area contributed by atoms with E-state index >= 15 is 0 Å². The van der Waals surface area contributed by atoms with E-state index in [1.165, 1.54) is 0 Å². The normalized spacial score (nSPS) is 11.9. The molecule has 0 spiro atoms. The number of aliphatic hydroxyl groups is 1. The van der Waals surface area contributed by atoms with Crippen molar-refractivity contribution in [3.63, 3.8) is 0 Å². The SMILES string of the molecule is CCC(N)CC(C(=O)O)C(=O)O.CN(C)CCCO. The van der Waals surface area contributed by atoms with Crippen molar-refractivity contribution in [2.45, 2.75) is 32.2 Å². The minimum atomic E-state index is -1.38. The van der Waals surface area contributed by atoms with E-state index in [1.807, 2.05) is 14.1 Å². The first kappa shape index (κ1) is 20.1. The van der Waals surface area contributed by atoms with Crippen molar-refractivity contribution in [2.75, 3.05) is 27.2 Å². The van der Waals surface area contributed by atoms with Gasteiger partial charge in [0.2, 0.25) is 0 Å². The molecule has 0 saturated carbocycles. The topological polar surface area (TPSA) is 124 Å². The maximum Gasteiger partial charge on any atom is 0.317 e. The Morgan fingerprint density at radius 3 is 1.89 bits per heavy atom. The second-order valence-corrected chi connectivity index (χ2v) is 4.51. The fourth-order valence-corrected chi connectivity index (χ4v) is 1.16. The predicted octanol–water partition coefficient (Wildman–Crippen LogP) is -0.170. The molecular weight excluding hydrogens is 252 g/mol. The van der Waals surface area contributed by atoms with Gasteiger partial charge in [-0.1, -0.05) is 6.92 Å². The van der Waals surface area contributed by atoms with E-state index in [0.717, 1.165) is 13.0 Å². The third kappa shape index (κ3) is 13.1. The van der Waals surface area contributed by atoms with Crippen LogP contribution in [0.15, 0.2) is 0 Å². The molecule has 19 heavy (non-hydrogen) atoms. The molecule has 1 atom stereocenters. The lowest BCUT2D eigenvalue weighted by atomic mass is 9.99. The number of aliphatic carboxylic acids is 2.